The first-order valence-electron chi connectivity index (χ1n) is 6.28. The summed E-state index contributed by atoms with van der Waals surface area (Å²) in [6.45, 7) is 1.60. The van der Waals surface area contributed by atoms with Crippen LogP contribution in [0.2, 0.25) is 5.02 Å². The zero-order chi connectivity index (χ0) is 13.8. The van der Waals surface area contributed by atoms with Crippen molar-refractivity contribution in [1.29, 1.82) is 0 Å². The third kappa shape index (κ3) is 3.96. The van der Waals surface area contributed by atoms with Gasteiger partial charge in [0.05, 0.1) is 12.0 Å². The summed E-state index contributed by atoms with van der Waals surface area (Å²) in [5, 5.41) is 3.35. The quantitative estimate of drug-likeness (QED) is 0.844. The second-order valence-electron chi connectivity index (χ2n) is 4.69. The molecule has 1 amide bonds. The molecule has 1 fully saturated rings. The van der Waals surface area contributed by atoms with Crippen molar-refractivity contribution in [3.8, 4) is 0 Å². The highest BCUT2D eigenvalue weighted by Crippen LogP contribution is 2.30. The van der Waals surface area contributed by atoms with Gasteiger partial charge in [-0.05, 0) is 31.4 Å². The summed E-state index contributed by atoms with van der Waals surface area (Å²) in [4.78, 5) is 23.0. The van der Waals surface area contributed by atoms with E-state index in [-0.39, 0.29) is 30.4 Å². The molecule has 4 nitrogen and oxygen atoms in total. The fourth-order valence-corrected chi connectivity index (χ4v) is 2.06. The molecule has 5 heteroatoms. The van der Waals surface area contributed by atoms with E-state index in [4.69, 9.17) is 16.3 Å². The van der Waals surface area contributed by atoms with E-state index >= 15 is 0 Å². The molecular formula is C14H16ClNO3. The first-order chi connectivity index (χ1) is 9.08. The molecular weight excluding hydrogens is 266 g/mol. The topological polar surface area (TPSA) is 55.4 Å². The average molecular weight is 282 g/mol. The van der Waals surface area contributed by atoms with Crippen LogP contribution in [-0.4, -0.2) is 18.5 Å². The lowest BCUT2D eigenvalue weighted by atomic mass is 10.1. The summed E-state index contributed by atoms with van der Waals surface area (Å²) < 4.78 is 4.91. The van der Waals surface area contributed by atoms with Gasteiger partial charge >= 0.3 is 5.97 Å². The summed E-state index contributed by atoms with van der Waals surface area (Å²) in [5.41, 5.74) is 0.839. The maximum Gasteiger partial charge on any atom is 0.309 e. The summed E-state index contributed by atoms with van der Waals surface area (Å²) in [7, 11) is 0. The highest BCUT2D eigenvalue weighted by Gasteiger charge is 2.31. The number of rotatable bonds is 5. The fraction of sp³-hybridized carbons (Fsp3) is 0.429. The Morgan fingerprint density at radius 3 is 2.74 bits per heavy atom. The molecule has 1 aliphatic rings. The molecule has 19 heavy (non-hydrogen) atoms. The molecule has 1 aliphatic carbocycles. The van der Waals surface area contributed by atoms with E-state index in [0.717, 1.165) is 18.4 Å². The Bertz CT molecular complexity index is 485. The van der Waals surface area contributed by atoms with E-state index in [1.54, 1.807) is 6.07 Å². The maximum atomic E-state index is 11.7. The van der Waals surface area contributed by atoms with Gasteiger partial charge in [-0.1, -0.05) is 29.8 Å². The Labute approximate surface area is 117 Å². The van der Waals surface area contributed by atoms with Gasteiger partial charge < -0.3 is 10.1 Å². The molecule has 0 unspecified atom stereocenters. The van der Waals surface area contributed by atoms with Gasteiger partial charge in [-0.15, -0.1) is 0 Å². The molecule has 0 bridgehead atoms. The minimum atomic E-state index is -0.318. The normalized spacial score (nSPS) is 15.7. The lowest BCUT2D eigenvalue weighted by Crippen LogP contribution is -2.31. The number of hydrogen-bond acceptors (Lipinski definition) is 3. The molecule has 0 aliphatic heterocycles. The molecule has 0 radical (unpaired) electrons. The standard InChI is InChI=1S/C14H16ClNO3/c1-9(11-4-2-3-5-12(11)15)16-13(17)8-19-14(18)10-6-7-10/h2-5,9-10H,6-8H2,1H3,(H,16,17)/t9-/m1/s1. The zero-order valence-electron chi connectivity index (χ0n) is 10.7. The Hall–Kier alpha value is -1.55. The van der Waals surface area contributed by atoms with Gasteiger partial charge in [-0.3, -0.25) is 9.59 Å². The van der Waals surface area contributed by atoms with Crippen LogP contribution in [0.5, 0.6) is 0 Å². The molecule has 0 aromatic heterocycles. The molecule has 1 aromatic carbocycles. The van der Waals surface area contributed by atoms with Crippen LogP contribution in [0.4, 0.5) is 0 Å². The smallest absolute Gasteiger partial charge is 0.309 e. The lowest BCUT2D eigenvalue weighted by Gasteiger charge is -2.15. The largest absolute Gasteiger partial charge is 0.455 e. The number of carbonyl (C=O) groups excluding carboxylic acids is 2. The first kappa shape index (κ1) is 13.9. The highest BCUT2D eigenvalue weighted by molar-refractivity contribution is 6.31. The van der Waals surface area contributed by atoms with Crippen LogP contribution in [-0.2, 0) is 14.3 Å². The van der Waals surface area contributed by atoms with Crippen LogP contribution in [0.3, 0.4) is 0 Å². The fourth-order valence-electron chi connectivity index (χ4n) is 1.76. The van der Waals surface area contributed by atoms with Gasteiger partial charge in [0.1, 0.15) is 0 Å². The van der Waals surface area contributed by atoms with Crippen molar-refractivity contribution in [3.63, 3.8) is 0 Å². The summed E-state index contributed by atoms with van der Waals surface area (Å²) in [6.07, 6.45) is 1.74. The first-order valence-corrected chi connectivity index (χ1v) is 6.66. The van der Waals surface area contributed by atoms with Crippen molar-refractivity contribution in [1.82, 2.24) is 5.32 Å². The van der Waals surface area contributed by atoms with Crippen LogP contribution in [0, 0.1) is 5.92 Å². The van der Waals surface area contributed by atoms with Crippen LogP contribution in [0.15, 0.2) is 24.3 Å². The van der Waals surface area contributed by atoms with Crippen LogP contribution < -0.4 is 5.32 Å². The van der Waals surface area contributed by atoms with Crippen LogP contribution in [0.1, 0.15) is 31.4 Å². The molecule has 1 saturated carbocycles. The lowest BCUT2D eigenvalue weighted by molar-refractivity contribution is -0.150. The molecule has 0 spiro atoms. The van der Waals surface area contributed by atoms with Crippen molar-refractivity contribution in [2.24, 2.45) is 5.92 Å². The SMILES string of the molecule is C[C@@H](NC(=O)COC(=O)C1CC1)c1ccccc1Cl. The number of ether oxygens (including phenoxy) is 1. The van der Waals surface area contributed by atoms with Crippen molar-refractivity contribution in [3.05, 3.63) is 34.9 Å². The molecule has 0 heterocycles. The van der Waals surface area contributed by atoms with Gasteiger partial charge in [0.2, 0.25) is 0 Å². The second kappa shape index (κ2) is 6.06. The Morgan fingerprint density at radius 1 is 1.42 bits per heavy atom. The van der Waals surface area contributed by atoms with Crippen LogP contribution >= 0.6 is 11.6 Å². The number of halogens is 1. The van der Waals surface area contributed by atoms with Gasteiger partial charge in [-0.25, -0.2) is 0 Å². The molecule has 1 atom stereocenters. The van der Waals surface area contributed by atoms with E-state index in [2.05, 4.69) is 5.32 Å². The van der Waals surface area contributed by atoms with E-state index in [9.17, 15) is 9.59 Å². The molecule has 2 rings (SSSR count). The molecule has 1 N–H and O–H groups in total. The number of nitrogens with one attached hydrogen (secondary N) is 1. The predicted octanol–water partition coefficient (Wildman–Crippen LogP) is 2.47. The predicted molar refractivity (Wildman–Crippen MR) is 71.7 cm³/mol. The average Bonchev–Trinajstić information content (AvgIpc) is 3.20. The van der Waals surface area contributed by atoms with E-state index in [0.29, 0.717) is 5.02 Å². The Balaban J connectivity index is 1.81. The van der Waals surface area contributed by atoms with Crippen molar-refractivity contribution in [2.75, 3.05) is 6.61 Å². The number of hydrogen-bond donors (Lipinski definition) is 1. The van der Waals surface area contributed by atoms with Gasteiger partial charge in [0, 0.05) is 5.02 Å². The minimum Gasteiger partial charge on any atom is -0.455 e. The zero-order valence-corrected chi connectivity index (χ0v) is 11.4. The van der Waals surface area contributed by atoms with E-state index in [1.165, 1.54) is 0 Å². The van der Waals surface area contributed by atoms with Crippen molar-refractivity contribution in [2.45, 2.75) is 25.8 Å². The van der Waals surface area contributed by atoms with Gasteiger partial charge in [0.15, 0.2) is 6.61 Å². The van der Waals surface area contributed by atoms with E-state index in [1.807, 2.05) is 25.1 Å². The highest BCUT2D eigenvalue weighted by atomic mass is 35.5. The summed E-state index contributed by atoms with van der Waals surface area (Å²) in [6, 6.07) is 7.09. The number of amides is 1. The number of carbonyl (C=O) groups is 2. The third-order valence-electron chi connectivity index (χ3n) is 3.01. The second-order valence-corrected chi connectivity index (χ2v) is 5.10. The summed E-state index contributed by atoms with van der Waals surface area (Å²) in [5.74, 6) is -0.587. The molecule has 102 valence electrons. The Morgan fingerprint density at radius 2 is 2.11 bits per heavy atom. The summed E-state index contributed by atoms with van der Waals surface area (Å²) >= 11 is 6.04. The number of benzene rings is 1. The third-order valence-corrected chi connectivity index (χ3v) is 3.35. The number of esters is 1. The molecule has 1 aromatic rings. The Kier molecular flexibility index (Phi) is 4.43. The van der Waals surface area contributed by atoms with Gasteiger partial charge in [-0.2, -0.15) is 0 Å². The van der Waals surface area contributed by atoms with Crippen molar-refractivity contribution >= 4 is 23.5 Å². The van der Waals surface area contributed by atoms with Crippen molar-refractivity contribution < 1.29 is 14.3 Å². The van der Waals surface area contributed by atoms with E-state index < -0.39 is 0 Å². The van der Waals surface area contributed by atoms with Crippen LogP contribution in [0.25, 0.3) is 0 Å². The monoisotopic (exact) mass is 281 g/mol. The maximum absolute atomic E-state index is 11.7. The van der Waals surface area contributed by atoms with Gasteiger partial charge in [0.25, 0.3) is 5.91 Å². The molecule has 0 saturated heterocycles. The minimum absolute atomic E-state index is 0.00814.